The smallest absolute Gasteiger partial charge is 0.909 e. The summed E-state index contributed by atoms with van der Waals surface area (Å²) in [6.45, 7) is 3.75. The third kappa shape index (κ3) is 12.8. The summed E-state index contributed by atoms with van der Waals surface area (Å²) in [4.78, 5) is 0. The van der Waals surface area contributed by atoms with Gasteiger partial charge in [-0.15, -0.1) is 0 Å². The number of aliphatic hydroxyl groups is 1. The Balaban J connectivity index is -0.000000249. The van der Waals surface area contributed by atoms with Crippen LogP contribution in [0.3, 0.4) is 0 Å². The van der Waals surface area contributed by atoms with E-state index in [0.29, 0.717) is 0 Å². The van der Waals surface area contributed by atoms with Gasteiger partial charge in [-0.3, -0.25) is 12.2 Å². The summed E-state index contributed by atoms with van der Waals surface area (Å²) >= 11 is 0. The molecule has 0 aliphatic rings. The first-order chi connectivity index (χ1) is 5.18. The normalized spacial score (nSPS) is 8.67. The van der Waals surface area contributed by atoms with Crippen LogP contribution in [0.25, 0.3) is 5.41 Å². The van der Waals surface area contributed by atoms with Crippen LogP contribution >= 0.6 is 0 Å². The summed E-state index contributed by atoms with van der Waals surface area (Å²) in [7, 11) is 10.0. The van der Waals surface area contributed by atoms with Crippen molar-refractivity contribution in [1.29, 1.82) is 0 Å². The minimum atomic E-state index is -0.885. The van der Waals surface area contributed by atoms with Gasteiger partial charge in [0, 0.05) is 15.7 Å². The molecule has 12 heavy (non-hydrogen) atoms. The maximum absolute atomic E-state index is 8.70. The van der Waals surface area contributed by atoms with E-state index >= 15 is 0 Å². The zero-order valence-electron chi connectivity index (χ0n) is 7.32. The Morgan fingerprint density at radius 1 is 1.58 bits per heavy atom. The molecule has 0 aromatic rings. The molecule has 0 aromatic heterocycles. The SMILES string of the molecule is CC.[B]C([B])C(=[N-])C=[C-]CO.[W+2]. The molecule has 1 N–H and O–H groups in total. The third-order valence-electron chi connectivity index (χ3n) is 0.683. The van der Waals surface area contributed by atoms with E-state index in [0.717, 1.165) is 6.08 Å². The number of hydrogen-bond acceptors (Lipinski definition) is 1. The van der Waals surface area contributed by atoms with Crippen molar-refractivity contribution in [3.8, 4) is 0 Å². The molecule has 0 saturated carbocycles. The first kappa shape index (κ1) is 18.1. The standard InChI is InChI=1S/C5H5B2NO.C2H6.W/c6-5(7)4(8)2-1-3-9;1-2;/h2,5,9H,3H2;1-2H3;/q-2;;+2. The predicted octanol–water partition coefficient (Wildman–Crippen LogP) is 0.455. The fraction of sp³-hybridized carbons (Fsp3) is 0.571. The van der Waals surface area contributed by atoms with Crippen molar-refractivity contribution in [1.82, 2.24) is 0 Å². The Kier molecular flexibility index (Phi) is 20.7. The topological polar surface area (TPSA) is 42.5 Å². The van der Waals surface area contributed by atoms with Gasteiger partial charge >= 0.3 is 21.1 Å². The van der Waals surface area contributed by atoms with E-state index in [2.05, 4.69) is 6.08 Å². The maximum atomic E-state index is 8.70. The second-order valence-electron chi connectivity index (χ2n) is 1.46. The van der Waals surface area contributed by atoms with Gasteiger partial charge in [0.1, 0.15) is 0 Å². The van der Waals surface area contributed by atoms with Crippen molar-refractivity contribution >= 4 is 21.4 Å². The minimum absolute atomic E-state index is 0. The molecule has 0 heterocycles. The van der Waals surface area contributed by atoms with Gasteiger partial charge in [0.05, 0.1) is 0 Å². The van der Waals surface area contributed by atoms with E-state index in [1.807, 2.05) is 13.8 Å². The maximum Gasteiger partial charge on any atom is 2.00 e. The van der Waals surface area contributed by atoms with Crippen LogP contribution < -0.4 is 0 Å². The predicted molar refractivity (Wildman–Crippen MR) is 49.9 cm³/mol. The zero-order chi connectivity index (χ0) is 9.28. The molecule has 0 aromatic carbocycles. The summed E-state index contributed by atoms with van der Waals surface area (Å²) < 4.78 is 0. The van der Waals surface area contributed by atoms with E-state index in [9.17, 15) is 0 Å². The molecule has 5 heteroatoms. The third-order valence-corrected chi connectivity index (χ3v) is 0.683. The van der Waals surface area contributed by atoms with Crippen molar-refractivity contribution in [2.45, 2.75) is 19.6 Å². The number of allylic oxidation sites excluding steroid dienone is 1. The monoisotopic (exact) mass is 331 g/mol. The summed E-state index contributed by atoms with van der Waals surface area (Å²) in [5.74, 6) is 0. The summed E-state index contributed by atoms with van der Waals surface area (Å²) in [5.41, 5.74) is -1.08. The van der Waals surface area contributed by atoms with Crippen LogP contribution in [0.4, 0.5) is 0 Å². The first-order valence-corrected chi connectivity index (χ1v) is 3.43. The van der Waals surface area contributed by atoms with Gasteiger partial charge in [-0.1, -0.05) is 13.8 Å². The Morgan fingerprint density at radius 3 is 2.25 bits per heavy atom. The van der Waals surface area contributed by atoms with E-state index in [1.165, 1.54) is 0 Å². The van der Waals surface area contributed by atoms with E-state index in [4.69, 9.17) is 26.2 Å². The summed E-state index contributed by atoms with van der Waals surface area (Å²) in [6, 6.07) is 0. The molecule has 0 rings (SSSR count). The largest absolute Gasteiger partial charge is 2.00 e. The number of hydrogen-bond donors (Lipinski definition) is 1. The Bertz CT molecular complexity index is 129. The quantitative estimate of drug-likeness (QED) is 0.456. The molecule has 0 spiro atoms. The molecular weight excluding hydrogens is 320 g/mol. The Labute approximate surface area is 91.4 Å². The summed E-state index contributed by atoms with van der Waals surface area (Å²) in [6.07, 6.45) is 3.46. The molecule has 0 aliphatic heterocycles. The average molecular weight is 331 g/mol. The van der Waals surface area contributed by atoms with Gasteiger partial charge in [0.25, 0.3) is 0 Å². The van der Waals surface area contributed by atoms with Crippen LogP contribution in [0, 0.1) is 6.08 Å². The van der Waals surface area contributed by atoms with Crippen molar-refractivity contribution in [2.24, 2.45) is 0 Å². The first-order valence-electron chi connectivity index (χ1n) is 3.43. The number of rotatable bonds is 3. The molecule has 0 fully saturated rings. The Morgan fingerprint density at radius 2 is 2.00 bits per heavy atom. The van der Waals surface area contributed by atoms with Gasteiger partial charge < -0.3 is 16.2 Å². The summed E-state index contributed by atoms with van der Waals surface area (Å²) in [5, 5.41) is 16.8. The van der Waals surface area contributed by atoms with Crippen LogP contribution in [-0.4, -0.2) is 33.1 Å². The number of aliphatic hydroxyl groups excluding tert-OH is 1. The van der Waals surface area contributed by atoms with E-state index < -0.39 is 5.72 Å². The van der Waals surface area contributed by atoms with Gasteiger partial charge in [-0.25, -0.2) is 0 Å². The molecule has 0 amide bonds. The molecule has 0 bridgehead atoms. The van der Waals surface area contributed by atoms with Crippen molar-refractivity contribution < 1.29 is 26.2 Å². The molecule has 0 saturated heterocycles. The van der Waals surface area contributed by atoms with Gasteiger partial charge in [-0.05, 0) is 6.61 Å². The molecule has 0 atom stereocenters. The van der Waals surface area contributed by atoms with Gasteiger partial charge in [0.15, 0.2) is 0 Å². The van der Waals surface area contributed by atoms with E-state index in [-0.39, 0.29) is 33.4 Å². The fourth-order valence-corrected chi connectivity index (χ4v) is 0.246. The molecule has 0 aliphatic carbocycles. The minimum Gasteiger partial charge on any atom is -0.909 e. The molecule has 4 radical (unpaired) electrons. The molecule has 0 unspecified atom stereocenters. The zero-order valence-corrected chi connectivity index (χ0v) is 10.3. The van der Waals surface area contributed by atoms with Crippen molar-refractivity contribution in [3.63, 3.8) is 0 Å². The van der Waals surface area contributed by atoms with Crippen LogP contribution in [0.1, 0.15) is 13.8 Å². The van der Waals surface area contributed by atoms with Crippen LogP contribution in [0.2, 0.25) is 5.72 Å². The molecule has 2 nitrogen and oxygen atoms in total. The Hall–Kier alpha value is 0.188. The van der Waals surface area contributed by atoms with Crippen LogP contribution in [0.5, 0.6) is 0 Å². The fourth-order valence-electron chi connectivity index (χ4n) is 0.246. The number of nitrogens with zero attached hydrogens (tertiary/aromatic N) is 1. The van der Waals surface area contributed by atoms with Crippen molar-refractivity contribution in [2.75, 3.05) is 6.61 Å². The average Bonchev–Trinajstić information content (AvgIpc) is 2.03. The molecule has 62 valence electrons. The van der Waals surface area contributed by atoms with Crippen LogP contribution in [-0.2, 0) is 21.1 Å². The second-order valence-corrected chi connectivity index (χ2v) is 1.46. The van der Waals surface area contributed by atoms with Crippen molar-refractivity contribution in [3.05, 3.63) is 17.6 Å². The van der Waals surface area contributed by atoms with Gasteiger partial charge in [0.2, 0.25) is 0 Å². The molecular formula is C7H11B2NOW. The van der Waals surface area contributed by atoms with Crippen LogP contribution in [0.15, 0.2) is 6.08 Å². The second kappa shape index (κ2) is 13.8. The van der Waals surface area contributed by atoms with Gasteiger partial charge in [-0.2, -0.15) is 5.72 Å². The van der Waals surface area contributed by atoms with E-state index in [1.54, 1.807) is 0 Å².